The van der Waals surface area contributed by atoms with Gasteiger partial charge >= 0.3 is 12.1 Å². The number of esters is 1. The van der Waals surface area contributed by atoms with Crippen LogP contribution in [-0.2, 0) is 23.8 Å². The summed E-state index contributed by atoms with van der Waals surface area (Å²) in [6, 6.07) is -0.804. The van der Waals surface area contributed by atoms with Gasteiger partial charge in [0.2, 0.25) is 0 Å². The molecule has 1 amide bonds. The second kappa shape index (κ2) is 8.12. The molecule has 1 saturated heterocycles. The van der Waals surface area contributed by atoms with Gasteiger partial charge in [-0.15, -0.1) is 0 Å². The van der Waals surface area contributed by atoms with Crippen LogP contribution in [0.25, 0.3) is 0 Å². The summed E-state index contributed by atoms with van der Waals surface area (Å²) in [6.45, 7) is 7.99. The molecule has 0 aromatic heterocycles. The Hall–Kier alpha value is -1.63. The van der Waals surface area contributed by atoms with E-state index in [2.05, 4.69) is 5.32 Å². The maximum absolute atomic E-state index is 12.3. The lowest BCUT2D eigenvalue weighted by Crippen LogP contribution is -2.48. The van der Waals surface area contributed by atoms with Crippen molar-refractivity contribution in [2.75, 3.05) is 19.8 Å². The van der Waals surface area contributed by atoms with Gasteiger partial charge in [0.1, 0.15) is 12.0 Å². The minimum Gasteiger partial charge on any atom is -0.466 e. The van der Waals surface area contributed by atoms with Crippen molar-refractivity contribution in [3.63, 3.8) is 0 Å². The lowest BCUT2D eigenvalue weighted by Gasteiger charge is -2.25. The number of rotatable bonds is 6. The minimum atomic E-state index is -0.804. The zero-order chi connectivity index (χ0) is 16.8. The van der Waals surface area contributed by atoms with E-state index in [0.717, 1.165) is 0 Å². The van der Waals surface area contributed by atoms with E-state index in [4.69, 9.17) is 14.2 Å². The molecule has 2 unspecified atom stereocenters. The number of carbonyl (C=O) groups excluding carboxylic acids is 3. The summed E-state index contributed by atoms with van der Waals surface area (Å²) in [5.74, 6) is -1.14. The normalized spacial score (nSPS) is 19.4. The third-order valence-corrected chi connectivity index (χ3v) is 3.08. The van der Waals surface area contributed by atoms with Crippen LogP contribution in [0.15, 0.2) is 0 Å². The van der Waals surface area contributed by atoms with Gasteiger partial charge < -0.3 is 19.5 Å². The number of amides is 1. The molecular weight excluding hydrogens is 290 g/mol. The van der Waals surface area contributed by atoms with Crippen molar-refractivity contribution in [1.82, 2.24) is 5.32 Å². The van der Waals surface area contributed by atoms with Gasteiger partial charge in [-0.1, -0.05) is 0 Å². The third kappa shape index (κ3) is 6.43. The first kappa shape index (κ1) is 18.4. The largest absolute Gasteiger partial charge is 0.466 e. The molecule has 0 aromatic rings. The van der Waals surface area contributed by atoms with Crippen LogP contribution in [0, 0.1) is 5.92 Å². The number of hydrogen-bond donors (Lipinski definition) is 1. The molecule has 0 radical (unpaired) electrons. The molecule has 1 aliphatic rings. The summed E-state index contributed by atoms with van der Waals surface area (Å²) in [7, 11) is 0. The van der Waals surface area contributed by atoms with Gasteiger partial charge in [0.05, 0.1) is 19.3 Å². The average molecular weight is 315 g/mol. The van der Waals surface area contributed by atoms with E-state index >= 15 is 0 Å². The third-order valence-electron chi connectivity index (χ3n) is 3.08. The Kier molecular flexibility index (Phi) is 6.80. The molecule has 1 heterocycles. The second-order valence-electron chi connectivity index (χ2n) is 6.20. The van der Waals surface area contributed by atoms with E-state index in [9.17, 15) is 14.4 Å². The Bertz CT molecular complexity index is 409. The van der Waals surface area contributed by atoms with Crippen molar-refractivity contribution in [1.29, 1.82) is 0 Å². The van der Waals surface area contributed by atoms with E-state index in [0.29, 0.717) is 19.6 Å². The number of Topliss-reactive ketones (excluding diaryl/α,β-unsaturated/α-hetero) is 1. The second-order valence-corrected chi connectivity index (χ2v) is 6.20. The van der Waals surface area contributed by atoms with Crippen LogP contribution >= 0.6 is 0 Å². The summed E-state index contributed by atoms with van der Waals surface area (Å²) in [5.41, 5.74) is -0.662. The Balaban J connectivity index is 2.69. The first-order chi connectivity index (χ1) is 10.2. The Morgan fingerprint density at radius 1 is 1.32 bits per heavy atom. The van der Waals surface area contributed by atoms with E-state index in [1.807, 2.05) is 0 Å². The molecule has 2 atom stereocenters. The summed E-state index contributed by atoms with van der Waals surface area (Å²) >= 11 is 0. The van der Waals surface area contributed by atoms with E-state index in [1.54, 1.807) is 27.7 Å². The van der Waals surface area contributed by atoms with Gasteiger partial charge in [0, 0.05) is 12.5 Å². The molecule has 0 bridgehead atoms. The zero-order valence-electron chi connectivity index (χ0n) is 13.6. The molecule has 7 nitrogen and oxygen atoms in total. The highest BCUT2D eigenvalue weighted by Crippen LogP contribution is 2.19. The standard InChI is InChI=1S/C15H25NO6/c1-5-21-12(18)8-11(17)13(10-6-7-20-9-10)16-14(19)22-15(2,3)4/h10,13H,5-9H2,1-4H3,(H,16,19). The molecule has 0 aliphatic carbocycles. The molecule has 0 aromatic carbocycles. The maximum Gasteiger partial charge on any atom is 0.408 e. The van der Waals surface area contributed by atoms with Crippen molar-refractivity contribution < 1.29 is 28.6 Å². The van der Waals surface area contributed by atoms with Crippen molar-refractivity contribution >= 4 is 17.8 Å². The lowest BCUT2D eigenvalue weighted by atomic mass is 9.94. The van der Waals surface area contributed by atoms with Gasteiger partial charge in [0.15, 0.2) is 5.78 Å². The first-order valence-corrected chi connectivity index (χ1v) is 7.48. The predicted molar refractivity (Wildman–Crippen MR) is 78.3 cm³/mol. The predicted octanol–water partition coefficient (Wildman–Crippen LogP) is 1.44. The van der Waals surface area contributed by atoms with Crippen molar-refractivity contribution in [2.45, 2.75) is 52.2 Å². The lowest BCUT2D eigenvalue weighted by molar-refractivity contribution is -0.146. The number of nitrogens with one attached hydrogen (secondary N) is 1. The monoisotopic (exact) mass is 315 g/mol. The fourth-order valence-corrected chi connectivity index (χ4v) is 2.18. The van der Waals surface area contributed by atoms with Crippen LogP contribution < -0.4 is 5.32 Å². The van der Waals surface area contributed by atoms with Gasteiger partial charge in [-0.2, -0.15) is 0 Å². The molecule has 7 heteroatoms. The molecule has 1 fully saturated rings. The van der Waals surface area contributed by atoms with Crippen LogP contribution in [-0.4, -0.2) is 49.3 Å². The number of carbonyl (C=O) groups is 3. The highest BCUT2D eigenvalue weighted by Gasteiger charge is 2.34. The summed E-state index contributed by atoms with van der Waals surface area (Å²) in [6.07, 6.45) is -0.401. The molecular formula is C15H25NO6. The summed E-state index contributed by atoms with van der Waals surface area (Å²) < 4.78 is 15.2. The van der Waals surface area contributed by atoms with Crippen LogP contribution in [0.5, 0.6) is 0 Å². The summed E-state index contributed by atoms with van der Waals surface area (Å²) in [4.78, 5) is 35.7. The molecule has 0 spiro atoms. The van der Waals surface area contributed by atoms with Crippen LogP contribution in [0.3, 0.4) is 0 Å². The van der Waals surface area contributed by atoms with Crippen LogP contribution in [0.2, 0.25) is 0 Å². The number of hydrogen-bond acceptors (Lipinski definition) is 6. The smallest absolute Gasteiger partial charge is 0.408 e. The Morgan fingerprint density at radius 2 is 2.00 bits per heavy atom. The summed E-state index contributed by atoms with van der Waals surface area (Å²) in [5, 5.41) is 2.56. The molecule has 1 aliphatic heterocycles. The SMILES string of the molecule is CCOC(=O)CC(=O)C(NC(=O)OC(C)(C)C)C1CCOC1. The van der Waals surface area contributed by atoms with E-state index in [-0.39, 0.29) is 24.7 Å². The number of ketones is 1. The van der Waals surface area contributed by atoms with E-state index in [1.165, 1.54) is 0 Å². The molecule has 126 valence electrons. The van der Waals surface area contributed by atoms with Gasteiger partial charge in [0.25, 0.3) is 0 Å². The minimum absolute atomic E-state index is 0.158. The maximum atomic E-state index is 12.3. The molecule has 1 rings (SSSR count). The molecule has 0 saturated carbocycles. The molecule has 1 N–H and O–H groups in total. The van der Waals surface area contributed by atoms with Crippen molar-refractivity contribution in [3.05, 3.63) is 0 Å². The van der Waals surface area contributed by atoms with Gasteiger partial charge in [-0.05, 0) is 34.1 Å². The average Bonchev–Trinajstić information content (AvgIpc) is 2.87. The van der Waals surface area contributed by atoms with Crippen molar-refractivity contribution in [3.8, 4) is 0 Å². The Morgan fingerprint density at radius 3 is 2.50 bits per heavy atom. The first-order valence-electron chi connectivity index (χ1n) is 7.48. The number of ether oxygens (including phenoxy) is 3. The quantitative estimate of drug-likeness (QED) is 0.589. The van der Waals surface area contributed by atoms with E-state index < -0.39 is 23.7 Å². The van der Waals surface area contributed by atoms with Crippen LogP contribution in [0.1, 0.15) is 40.5 Å². The highest BCUT2D eigenvalue weighted by molar-refractivity contribution is 5.99. The van der Waals surface area contributed by atoms with Crippen molar-refractivity contribution in [2.24, 2.45) is 5.92 Å². The number of alkyl carbamates (subject to hydrolysis) is 1. The highest BCUT2D eigenvalue weighted by atomic mass is 16.6. The topological polar surface area (TPSA) is 90.9 Å². The van der Waals surface area contributed by atoms with Gasteiger partial charge in [-0.25, -0.2) is 4.79 Å². The fourth-order valence-electron chi connectivity index (χ4n) is 2.18. The van der Waals surface area contributed by atoms with Gasteiger partial charge in [-0.3, -0.25) is 9.59 Å². The van der Waals surface area contributed by atoms with Crippen LogP contribution in [0.4, 0.5) is 4.79 Å². The molecule has 22 heavy (non-hydrogen) atoms. The Labute approximate surface area is 130 Å². The fraction of sp³-hybridized carbons (Fsp3) is 0.800. The zero-order valence-corrected chi connectivity index (χ0v) is 13.6.